The van der Waals surface area contributed by atoms with Crippen LogP contribution in [-0.2, 0) is 11.2 Å². The first-order chi connectivity index (χ1) is 11.0. The van der Waals surface area contributed by atoms with Gasteiger partial charge in [-0.3, -0.25) is 4.79 Å². The Morgan fingerprint density at radius 3 is 2.87 bits per heavy atom. The number of guanidine groups is 1. The molecule has 7 heteroatoms. The Labute approximate surface area is 138 Å². The summed E-state index contributed by atoms with van der Waals surface area (Å²) >= 11 is 1.39. The molecule has 6 nitrogen and oxygen atoms in total. The second kappa shape index (κ2) is 6.00. The number of hydrogen-bond donors (Lipinski definition) is 2. The van der Waals surface area contributed by atoms with Crippen LogP contribution in [0.1, 0.15) is 19.4 Å². The van der Waals surface area contributed by atoms with E-state index in [9.17, 15) is 4.79 Å². The standard InChI is InChI=1S/C16H19N5OS/c1-9(2)14(22)21-6-5-11-7-10(3-4-13(11)21)12-8-23-16(19-12)20-15(17)18/h3-4,7-9H,5-6H2,1-2H3,(H4,17,18,19,20). The zero-order chi connectivity index (χ0) is 16.6. The smallest absolute Gasteiger partial charge is 0.229 e. The van der Waals surface area contributed by atoms with Crippen LogP contribution < -0.4 is 16.4 Å². The van der Waals surface area contributed by atoms with Crippen molar-refractivity contribution in [1.82, 2.24) is 4.98 Å². The Morgan fingerprint density at radius 1 is 1.39 bits per heavy atom. The van der Waals surface area contributed by atoms with Crippen LogP contribution in [-0.4, -0.2) is 23.4 Å². The molecule has 0 bridgehead atoms. The largest absolute Gasteiger partial charge is 0.370 e. The molecule has 1 aliphatic rings. The van der Waals surface area contributed by atoms with Crippen LogP contribution in [0.5, 0.6) is 0 Å². The number of carbonyl (C=O) groups is 1. The molecule has 2 aromatic rings. The molecule has 0 fully saturated rings. The number of anilines is 1. The Morgan fingerprint density at radius 2 is 2.17 bits per heavy atom. The van der Waals surface area contributed by atoms with Crippen LogP contribution in [0, 0.1) is 5.92 Å². The van der Waals surface area contributed by atoms with Gasteiger partial charge in [-0.15, -0.1) is 11.3 Å². The number of aromatic nitrogens is 1. The normalized spacial score (nSPS) is 13.3. The molecule has 1 aliphatic heterocycles. The Hall–Kier alpha value is -2.41. The van der Waals surface area contributed by atoms with Crippen molar-refractivity contribution in [2.75, 3.05) is 11.4 Å². The number of fused-ring (bicyclic) bond motifs is 1. The van der Waals surface area contributed by atoms with Crippen molar-refractivity contribution in [3.05, 3.63) is 29.1 Å². The number of rotatable bonds is 3. The van der Waals surface area contributed by atoms with Gasteiger partial charge < -0.3 is 16.4 Å². The molecule has 120 valence electrons. The highest BCUT2D eigenvalue weighted by molar-refractivity contribution is 7.13. The molecular formula is C16H19N5OS. The lowest BCUT2D eigenvalue weighted by Gasteiger charge is -2.19. The van der Waals surface area contributed by atoms with Gasteiger partial charge in [0.2, 0.25) is 11.0 Å². The summed E-state index contributed by atoms with van der Waals surface area (Å²) in [5, 5.41) is 2.47. The number of hydrogen-bond acceptors (Lipinski definition) is 4. The van der Waals surface area contributed by atoms with Crippen molar-refractivity contribution in [2.24, 2.45) is 22.4 Å². The van der Waals surface area contributed by atoms with E-state index in [0.717, 1.165) is 29.9 Å². The van der Waals surface area contributed by atoms with Gasteiger partial charge >= 0.3 is 0 Å². The second-order valence-corrected chi connectivity index (χ2v) is 6.63. The number of amides is 1. The predicted molar refractivity (Wildman–Crippen MR) is 93.9 cm³/mol. The first kappa shape index (κ1) is 15.5. The number of nitrogens with two attached hydrogens (primary N) is 2. The SMILES string of the molecule is CC(C)C(=O)N1CCc2cc(-c3csc(N=C(N)N)n3)ccc21. The van der Waals surface area contributed by atoms with E-state index in [0.29, 0.717) is 5.13 Å². The molecule has 1 amide bonds. The minimum atomic E-state index is 0.00121. The summed E-state index contributed by atoms with van der Waals surface area (Å²) in [6.45, 7) is 4.59. The summed E-state index contributed by atoms with van der Waals surface area (Å²) in [4.78, 5) is 22.5. The molecule has 0 saturated carbocycles. The van der Waals surface area contributed by atoms with E-state index in [1.807, 2.05) is 36.3 Å². The van der Waals surface area contributed by atoms with Gasteiger partial charge in [-0.25, -0.2) is 4.98 Å². The monoisotopic (exact) mass is 329 g/mol. The number of nitrogens with zero attached hydrogens (tertiary/aromatic N) is 3. The lowest BCUT2D eigenvalue weighted by molar-refractivity contribution is -0.121. The summed E-state index contributed by atoms with van der Waals surface area (Å²) in [6, 6.07) is 6.08. The van der Waals surface area contributed by atoms with Gasteiger partial charge in [-0.2, -0.15) is 4.99 Å². The molecule has 0 aliphatic carbocycles. The molecule has 0 atom stereocenters. The van der Waals surface area contributed by atoms with Crippen LogP contribution >= 0.6 is 11.3 Å². The maximum Gasteiger partial charge on any atom is 0.229 e. The molecule has 23 heavy (non-hydrogen) atoms. The minimum Gasteiger partial charge on any atom is -0.370 e. The van der Waals surface area contributed by atoms with Gasteiger partial charge in [0.05, 0.1) is 5.69 Å². The van der Waals surface area contributed by atoms with Crippen molar-refractivity contribution in [1.29, 1.82) is 0 Å². The minimum absolute atomic E-state index is 0.00121. The highest BCUT2D eigenvalue weighted by Gasteiger charge is 2.26. The Kier molecular flexibility index (Phi) is 4.04. The zero-order valence-corrected chi connectivity index (χ0v) is 13.9. The van der Waals surface area contributed by atoms with Gasteiger partial charge in [0.25, 0.3) is 0 Å². The van der Waals surface area contributed by atoms with Crippen LogP contribution in [0.4, 0.5) is 10.8 Å². The lowest BCUT2D eigenvalue weighted by atomic mass is 10.1. The fourth-order valence-electron chi connectivity index (χ4n) is 2.66. The van der Waals surface area contributed by atoms with Crippen LogP contribution in [0.2, 0.25) is 0 Å². The third-order valence-corrected chi connectivity index (χ3v) is 4.48. The maximum absolute atomic E-state index is 12.2. The van der Waals surface area contributed by atoms with Crippen LogP contribution in [0.25, 0.3) is 11.3 Å². The lowest BCUT2D eigenvalue weighted by Crippen LogP contribution is -2.32. The molecule has 1 aromatic heterocycles. The van der Waals surface area contributed by atoms with Crippen molar-refractivity contribution in [3.63, 3.8) is 0 Å². The van der Waals surface area contributed by atoms with Crippen LogP contribution in [0.3, 0.4) is 0 Å². The third-order valence-electron chi connectivity index (χ3n) is 3.75. The van der Waals surface area contributed by atoms with E-state index in [4.69, 9.17) is 11.5 Å². The van der Waals surface area contributed by atoms with Gasteiger partial charge in [-0.1, -0.05) is 19.9 Å². The molecule has 0 saturated heterocycles. The first-order valence-electron chi connectivity index (χ1n) is 7.45. The zero-order valence-electron chi connectivity index (χ0n) is 13.1. The first-order valence-corrected chi connectivity index (χ1v) is 8.33. The average molecular weight is 329 g/mol. The third kappa shape index (κ3) is 3.05. The highest BCUT2D eigenvalue weighted by atomic mass is 32.1. The van der Waals surface area contributed by atoms with Gasteiger partial charge in [0, 0.05) is 29.1 Å². The van der Waals surface area contributed by atoms with Gasteiger partial charge in [0.1, 0.15) is 0 Å². The molecule has 2 heterocycles. The summed E-state index contributed by atoms with van der Waals surface area (Å²) < 4.78 is 0. The van der Waals surface area contributed by atoms with Crippen molar-refractivity contribution < 1.29 is 4.79 Å². The highest BCUT2D eigenvalue weighted by Crippen LogP contribution is 2.34. The molecule has 0 spiro atoms. The predicted octanol–water partition coefficient (Wildman–Crippen LogP) is 2.26. The van der Waals surface area contributed by atoms with E-state index in [1.165, 1.54) is 16.9 Å². The van der Waals surface area contributed by atoms with E-state index < -0.39 is 0 Å². The summed E-state index contributed by atoms with van der Waals surface area (Å²) in [6.07, 6.45) is 0.868. The summed E-state index contributed by atoms with van der Waals surface area (Å²) in [7, 11) is 0. The fraction of sp³-hybridized carbons (Fsp3) is 0.312. The average Bonchev–Trinajstić information content (AvgIpc) is 3.11. The van der Waals surface area contributed by atoms with E-state index in [-0.39, 0.29) is 17.8 Å². The van der Waals surface area contributed by atoms with E-state index in [1.54, 1.807) is 0 Å². The van der Waals surface area contributed by atoms with E-state index in [2.05, 4.69) is 16.0 Å². The molecule has 0 radical (unpaired) electrons. The number of carbonyl (C=O) groups excluding carboxylic acids is 1. The Balaban J connectivity index is 1.89. The number of thiazole rings is 1. The molecule has 0 unspecified atom stereocenters. The fourth-order valence-corrected chi connectivity index (χ4v) is 3.38. The number of benzene rings is 1. The van der Waals surface area contributed by atoms with Crippen molar-refractivity contribution >= 4 is 34.0 Å². The summed E-state index contributed by atoms with van der Waals surface area (Å²) in [5.41, 5.74) is 14.8. The van der Waals surface area contributed by atoms with E-state index >= 15 is 0 Å². The summed E-state index contributed by atoms with van der Waals surface area (Å²) in [5.74, 6) is 0.171. The second-order valence-electron chi connectivity index (χ2n) is 5.79. The topological polar surface area (TPSA) is 97.6 Å². The maximum atomic E-state index is 12.2. The van der Waals surface area contributed by atoms with Crippen LogP contribution in [0.15, 0.2) is 28.6 Å². The molecular weight excluding hydrogens is 310 g/mol. The van der Waals surface area contributed by atoms with Crippen molar-refractivity contribution in [3.8, 4) is 11.3 Å². The quantitative estimate of drug-likeness (QED) is 0.666. The molecule has 4 N–H and O–H groups in total. The van der Waals surface area contributed by atoms with Gasteiger partial charge in [-0.05, 0) is 24.1 Å². The van der Waals surface area contributed by atoms with Crippen molar-refractivity contribution in [2.45, 2.75) is 20.3 Å². The Bertz CT molecular complexity index is 777. The molecule has 3 rings (SSSR count). The number of aliphatic imine (C=N–C) groups is 1. The van der Waals surface area contributed by atoms with Gasteiger partial charge in [0.15, 0.2) is 5.96 Å². The molecule has 1 aromatic carbocycles.